The molecule has 0 bridgehead atoms. The van der Waals surface area contributed by atoms with Crippen LogP contribution in [0.4, 0.5) is 0 Å². The number of thioether (sulfide) groups is 1. The predicted octanol–water partition coefficient (Wildman–Crippen LogP) is 4.04. The molecule has 1 aliphatic heterocycles. The Bertz CT molecular complexity index is 449. The Balaban J connectivity index is 2.50. The van der Waals surface area contributed by atoms with Crippen molar-refractivity contribution in [2.75, 3.05) is 0 Å². The minimum atomic E-state index is -0.153. The van der Waals surface area contributed by atoms with Gasteiger partial charge in [-0.15, -0.1) is 17.5 Å². The summed E-state index contributed by atoms with van der Waals surface area (Å²) in [6.07, 6.45) is 6.18. The molecule has 1 aromatic rings. The van der Waals surface area contributed by atoms with Gasteiger partial charge in [0.2, 0.25) is 0 Å². The third-order valence-electron chi connectivity index (χ3n) is 2.36. The van der Waals surface area contributed by atoms with Crippen LogP contribution in [0.1, 0.15) is 5.56 Å². The van der Waals surface area contributed by atoms with Gasteiger partial charge >= 0.3 is 0 Å². The lowest BCUT2D eigenvalue weighted by Gasteiger charge is -2.22. The minimum absolute atomic E-state index is 0.153. The molecule has 0 aromatic heterocycles. The molecule has 1 atom stereocenters. The van der Waals surface area contributed by atoms with Crippen LogP contribution < -0.4 is 0 Å². The summed E-state index contributed by atoms with van der Waals surface area (Å²) in [5.41, 5.74) is 4.12. The average Bonchev–Trinajstić information content (AvgIpc) is 2.63. The summed E-state index contributed by atoms with van der Waals surface area (Å²) in [5, 5.41) is 0. The SMILES string of the molecule is C=C=CC1(c2ccccc2)C=CC(=C)S1. The minimum Gasteiger partial charge on any atom is -0.131 e. The zero-order chi connectivity index (χ0) is 10.7. The summed E-state index contributed by atoms with van der Waals surface area (Å²) < 4.78 is -0.153. The Labute approximate surface area is 94.7 Å². The normalized spacial score (nSPS) is 23.9. The van der Waals surface area contributed by atoms with E-state index in [1.54, 1.807) is 11.8 Å². The van der Waals surface area contributed by atoms with Gasteiger partial charge in [-0.3, -0.25) is 0 Å². The van der Waals surface area contributed by atoms with Gasteiger partial charge in [-0.1, -0.05) is 55.6 Å². The van der Waals surface area contributed by atoms with Crippen molar-refractivity contribution in [1.29, 1.82) is 0 Å². The molecule has 1 aromatic carbocycles. The van der Waals surface area contributed by atoms with Crippen molar-refractivity contribution in [3.63, 3.8) is 0 Å². The van der Waals surface area contributed by atoms with Crippen LogP contribution in [0.5, 0.6) is 0 Å². The Morgan fingerprint density at radius 2 is 2.00 bits per heavy atom. The first-order chi connectivity index (χ1) is 7.27. The van der Waals surface area contributed by atoms with Gasteiger partial charge in [0, 0.05) is 4.91 Å². The molecule has 1 heterocycles. The fourth-order valence-electron chi connectivity index (χ4n) is 1.67. The Morgan fingerprint density at radius 1 is 1.27 bits per heavy atom. The number of hydrogen-bond donors (Lipinski definition) is 0. The first-order valence-electron chi connectivity index (χ1n) is 4.76. The molecular weight excluding hydrogens is 200 g/mol. The van der Waals surface area contributed by atoms with Crippen LogP contribution in [-0.4, -0.2) is 0 Å². The highest BCUT2D eigenvalue weighted by Gasteiger charge is 2.31. The molecule has 0 radical (unpaired) electrons. The lowest BCUT2D eigenvalue weighted by atomic mass is 9.97. The van der Waals surface area contributed by atoms with Crippen molar-refractivity contribution in [2.45, 2.75) is 4.75 Å². The molecule has 0 fully saturated rings. The second-order valence-electron chi connectivity index (χ2n) is 3.41. The van der Waals surface area contributed by atoms with Crippen molar-refractivity contribution in [2.24, 2.45) is 0 Å². The maximum atomic E-state index is 3.97. The van der Waals surface area contributed by atoms with Gasteiger partial charge in [0.25, 0.3) is 0 Å². The molecule has 1 unspecified atom stereocenters. The molecular formula is C14H12S. The van der Waals surface area contributed by atoms with Crippen LogP contribution in [-0.2, 0) is 4.75 Å². The van der Waals surface area contributed by atoms with Crippen molar-refractivity contribution in [1.82, 2.24) is 0 Å². The van der Waals surface area contributed by atoms with E-state index in [1.165, 1.54) is 5.56 Å². The smallest absolute Gasteiger partial charge is 0.0892 e. The third-order valence-corrected chi connectivity index (χ3v) is 3.58. The standard InChI is InChI=1S/C14H12S/c1-3-10-14(11-9-12(2)15-14)13-7-5-4-6-8-13/h4-11H,1-2H2. The highest BCUT2D eigenvalue weighted by atomic mass is 32.2. The van der Waals surface area contributed by atoms with Crippen molar-refractivity contribution in [3.8, 4) is 0 Å². The molecule has 0 spiro atoms. The van der Waals surface area contributed by atoms with Crippen LogP contribution in [0.25, 0.3) is 0 Å². The average molecular weight is 212 g/mol. The zero-order valence-corrected chi connectivity index (χ0v) is 9.26. The lowest BCUT2D eigenvalue weighted by Crippen LogP contribution is -2.12. The van der Waals surface area contributed by atoms with E-state index in [4.69, 9.17) is 0 Å². The van der Waals surface area contributed by atoms with Crippen LogP contribution in [0.15, 0.2) is 72.4 Å². The lowest BCUT2D eigenvalue weighted by molar-refractivity contribution is 1.01. The Hall–Kier alpha value is -1.43. The maximum Gasteiger partial charge on any atom is 0.0892 e. The number of allylic oxidation sites excluding steroid dienone is 1. The molecule has 2 rings (SSSR count). The summed E-state index contributed by atoms with van der Waals surface area (Å²) in [5.74, 6) is 0. The fraction of sp³-hybridized carbons (Fsp3) is 0.0714. The van der Waals surface area contributed by atoms with Gasteiger partial charge in [0.15, 0.2) is 0 Å². The molecule has 1 heteroatoms. The van der Waals surface area contributed by atoms with Gasteiger partial charge in [-0.05, 0) is 11.6 Å². The summed E-state index contributed by atoms with van der Waals surface area (Å²) in [4.78, 5) is 1.07. The van der Waals surface area contributed by atoms with E-state index >= 15 is 0 Å². The second kappa shape index (κ2) is 3.98. The number of benzene rings is 1. The van der Waals surface area contributed by atoms with E-state index in [1.807, 2.05) is 30.4 Å². The summed E-state index contributed by atoms with van der Waals surface area (Å²) in [6, 6.07) is 10.3. The highest BCUT2D eigenvalue weighted by molar-refractivity contribution is 8.04. The van der Waals surface area contributed by atoms with Crippen LogP contribution >= 0.6 is 11.8 Å². The molecule has 0 aliphatic carbocycles. The first-order valence-corrected chi connectivity index (χ1v) is 5.58. The molecule has 1 aliphatic rings. The molecule has 0 saturated carbocycles. The van der Waals surface area contributed by atoms with Gasteiger partial charge in [-0.25, -0.2) is 0 Å². The second-order valence-corrected chi connectivity index (χ2v) is 4.81. The first kappa shape index (κ1) is 10.1. The van der Waals surface area contributed by atoms with E-state index in [0.717, 1.165) is 4.91 Å². The molecule has 0 nitrogen and oxygen atoms in total. The van der Waals surface area contributed by atoms with Crippen LogP contribution in [0.3, 0.4) is 0 Å². The summed E-state index contributed by atoms with van der Waals surface area (Å²) in [7, 11) is 0. The van der Waals surface area contributed by atoms with E-state index < -0.39 is 0 Å². The zero-order valence-electron chi connectivity index (χ0n) is 8.44. The van der Waals surface area contributed by atoms with Crippen LogP contribution in [0, 0.1) is 0 Å². The number of hydrogen-bond acceptors (Lipinski definition) is 1. The summed E-state index contributed by atoms with van der Waals surface area (Å²) in [6.45, 7) is 7.63. The van der Waals surface area contributed by atoms with Crippen molar-refractivity contribution >= 4 is 11.8 Å². The van der Waals surface area contributed by atoms with Gasteiger partial charge < -0.3 is 0 Å². The fourth-order valence-corrected chi connectivity index (χ4v) is 2.77. The maximum absolute atomic E-state index is 3.97. The molecule has 0 saturated heterocycles. The molecule has 0 amide bonds. The molecule has 15 heavy (non-hydrogen) atoms. The quantitative estimate of drug-likeness (QED) is 0.667. The van der Waals surface area contributed by atoms with E-state index in [2.05, 4.69) is 37.1 Å². The van der Waals surface area contributed by atoms with Crippen molar-refractivity contribution < 1.29 is 0 Å². The monoisotopic (exact) mass is 212 g/mol. The third kappa shape index (κ3) is 1.85. The number of rotatable bonds is 2. The van der Waals surface area contributed by atoms with Gasteiger partial charge in [0.05, 0.1) is 4.75 Å². The largest absolute Gasteiger partial charge is 0.131 e. The molecule has 74 valence electrons. The Morgan fingerprint density at radius 3 is 2.53 bits per heavy atom. The van der Waals surface area contributed by atoms with E-state index in [0.29, 0.717) is 0 Å². The van der Waals surface area contributed by atoms with Crippen LogP contribution in [0.2, 0.25) is 0 Å². The van der Waals surface area contributed by atoms with E-state index in [9.17, 15) is 0 Å². The van der Waals surface area contributed by atoms with Gasteiger partial charge in [-0.2, -0.15) is 0 Å². The predicted molar refractivity (Wildman–Crippen MR) is 67.7 cm³/mol. The Kier molecular flexibility index (Phi) is 2.68. The molecule has 0 N–H and O–H groups in total. The summed E-state index contributed by atoms with van der Waals surface area (Å²) >= 11 is 1.73. The topological polar surface area (TPSA) is 0 Å². The highest BCUT2D eigenvalue weighted by Crippen LogP contribution is 2.48. The van der Waals surface area contributed by atoms with Gasteiger partial charge in [0.1, 0.15) is 0 Å². The van der Waals surface area contributed by atoms with E-state index in [-0.39, 0.29) is 4.75 Å². The van der Waals surface area contributed by atoms with Crippen molar-refractivity contribution in [3.05, 3.63) is 77.9 Å².